The Morgan fingerprint density at radius 1 is 1.56 bits per heavy atom. The minimum atomic E-state index is -0.459. The average Bonchev–Trinajstić information content (AvgIpc) is 2.19. The minimum absolute atomic E-state index is 0.00414. The van der Waals surface area contributed by atoms with Crippen molar-refractivity contribution in [3.63, 3.8) is 0 Å². The lowest BCUT2D eigenvalue weighted by molar-refractivity contribution is -0.384. The van der Waals surface area contributed by atoms with Gasteiger partial charge in [0.15, 0.2) is 0 Å². The first kappa shape index (κ1) is 12.0. The highest BCUT2D eigenvalue weighted by atomic mass is 16.6. The summed E-state index contributed by atoms with van der Waals surface area (Å²) in [6.07, 6.45) is 0.144. The number of nitro groups is 1. The Balaban J connectivity index is 2.84. The minimum Gasteiger partial charge on any atom is -0.379 e. The Kier molecular flexibility index (Phi) is 3.82. The first-order valence-corrected chi connectivity index (χ1v) is 4.78. The van der Waals surface area contributed by atoms with Gasteiger partial charge in [-0.2, -0.15) is 0 Å². The predicted octanol–water partition coefficient (Wildman–Crippen LogP) is 1.19. The molecule has 0 saturated carbocycles. The number of hydrogen-bond acceptors (Lipinski definition) is 4. The summed E-state index contributed by atoms with van der Waals surface area (Å²) in [4.78, 5) is 20.8. The fraction of sp³-hybridized carbons (Fsp3) is 0.300. The number of para-hydroxylation sites is 1. The normalized spacial score (nSPS) is 9.81. The molecule has 0 aromatic heterocycles. The van der Waals surface area contributed by atoms with Crippen LogP contribution in [0.15, 0.2) is 18.2 Å². The molecule has 1 aromatic carbocycles. The SMILES string of the molecule is Cc1cccc([N+](=O)[O-])c1NCCC(N)=O. The summed E-state index contributed by atoms with van der Waals surface area (Å²) in [5.41, 5.74) is 6.19. The van der Waals surface area contributed by atoms with Crippen LogP contribution in [0.3, 0.4) is 0 Å². The summed E-state index contributed by atoms with van der Waals surface area (Å²) in [5.74, 6) is -0.441. The maximum absolute atomic E-state index is 10.7. The highest BCUT2D eigenvalue weighted by Gasteiger charge is 2.14. The van der Waals surface area contributed by atoms with Gasteiger partial charge in [0.25, 0.3) is 5.69 Å². The van der Waals surface area contributed by atoms with Crippen molar-refractivity contribution in [1.82, 2.24) is 0 Å². The van der Waals surface area contributed by atoms with Crippen molar-refractivity contribution in [3.05, 3.63) is 33.9 Å². The van der Waals surface area contributed by atoms with Crippen LogP contribution in [0.5, 0.6) is 0 Å². The number of primary amides is 1. The van der Waals surface area contributed by atoms with Gasteiger partial charge in [-0.1, -0.05) is 12.1 Å². The van der Waals surface area contributed by atoms with Gasteiger partial charge in [-0.15, -0.1) is 0 Å². The Labute approximate surface area is 92.6 Å². The van der Waals surface area contributed by atoms with Gasteiger partial charge in [-0.05, 0) is 12.5 Å². The third kappa shape index (κ3) is 2.94. The van der Waals surface area contributed by atoms with Crippen LogP contribution in [0.1, 0.15) is 12.0 Å². The van der Waals surface area contributed by atoms with Crippen LogP contribution in [0.2, 0.25) is 0 Å². The summed E-state index contributed by atoms with van der Waals surface area (Å²) >= 11 is 0. The molecule has 0 spiro atoms. The van der Waals surface area contributed by atoms with Gasteiger partial charge in [-0.25, -0.2) is 0 Å². The van der Waals surface area contributed by atoms with Crippen molar-refractivity contribution in [2.45, 2.75) is 13.3 Å². The number of carbonyl (C=O) groups excluding carboxylic acids is 1. The van der Waals surface area contributed by atoms with Gasteiger partial charge in [0, 0.05) is 19.0 Å². The van der Waals surface area contributed by atoms with Gasteiger partial charge in [-0.3, -0.25) is 14.9 Å². The molecule has 1 rings (SSSR count). The lowest BCUT2D eigenvalue weighted by atomic mass is 10.1. The van der Waals surface area contributed by atoms with Crippen LogP contribution in [0, 0.1) is 17.0 Å². The largest absolute Gasteiger partial charge is 0.379 e. The summed E-state index contributed by atoms with van der Waals surface area (Å²) < 4.78 is 0. The Morgan fingerprint density at radius 2 is 2.25 bits per heavy atom. The summed E-state index contributed by atoms with van der Waals surface area (Å²) in [5, 5.41) is 13.6. The Bertz CT molecular complexity index is 418. The lowest BCUT2D eigenvalue weighted by Crippen LogP contribution is -2.16. The molecule has 0 radical (unpaired) electrons. The number of rotatable bonds is 5. The van der Waals surface area contributed by atoms with Crippen LogP contribution >= 0.6 is 0 Å². The highest BCUT2D eigenvalue weighted by molar-refractivity contribution is 5.75. The quantitative estimate of drug-likeness (QED) is 0.578. The van der Waals surface area contributed by atoms with E-state index < -0.39 is 10.8 Å². The fourth-order valence-electron chi connectivity index (χ4n) is 1.35. The highest BCUT2D eigenvalue weighted by Crippen LogP contribution is 2.27. The van der Waals surface area contributed by atoms with Crippen molar-refractivity contribution in [1.29, 1.82) is 0 Å². The van der Waals surface area contributed by atoms with Crippen LogP contribution in [0.25, 0.3) is 0 Å². The maximum atomic E-state index is 10.7. The standard InChI is InChI=1S/C10H13N3O3/c1-7-3-2-4-8(13(15)16)10(7)12-6-5-9(11)14/h2-4,12H,5-6H2,1H3,(H2,11,14). The van der Waals surface area contributed by atoms with Crippen LogP contribution in [0.4, 0.5) is 11.4 Å². The van der Waals surface area contributed by atoms with Crippen molar-refractivity contribution < 1.29 is 9.72 Å². The zero-order chi connectivity index (χ0) is 12.1. The van der Waals surface area contributed by atoms with Crippen LogP contribution in [-0.2, 0) is 4.79 Å². The molecule has 0 fully saturated rings. The number of amides is 1. The van der Waals surface area contributed by atoms with Gasteiger partial charge in [0.2, 0.25) is 5.91 Å². The Morgan fingerprint density at radius 3 is 2.81 bits per heavy atom. The number of nitrogens with two attached hydrogens (primary N) is 1. The number of benzene rings is 1. The second kappa shape index (κ2) is 5.11. The first-order chi connectivity index (χ1) is 7.52. The molecule has 6 nitrogen and oxygen atoms in total. The molecular formula is C10H13N3O3. The van der Waals surface area contributed by atoms with E-state index in [-0.39, 0.29) is 12.1 Å². The van der Waals surface area contributed by atoms with Crippen molar-refractivity contribution in [3.8, 4) is 0 Å². The number of anilines is 1. The first-order valence-electron chi connectivity index (χ1n) is 4.78. The molecule has 3 N–H and O–H groups in total. The predicted molar refractivity (Wildman–Crippen MR) is 60.1 cm³/mol. The molecule has 1 aromatic rings. The molecule has 6 heteroatoms. The third-order valence-electron chi connectivity index (χ3n) is 2.12. The van der Waals surface area contributed by atoms with E-state index in [0.717, 1.165) is 5.56 Å². The zero-order valence-electron chi connectivity index (χ0n) is 8.90. The van der Waals surface area contributed by atoms with E-state index in [4.69, 9.17) is 5.73 Å². The van der Waals surface area contributed by atoms with E-state index in [1.807, 2.05) is 0 Å². The van der Waals surface area contributed by atoms with E-state index in [9.17, 15) is 14.9 Å². The van der Waals surface area contributed by atoms with Gasteiger partial charge >= 0.3 is 0 Å². The van der Waals surface area contributed by atoms with E-state index in [1.54, 1.807) is 19.1 Å². The van der Waals surface area contributed by atoms with Gasteiger partial charge in [0.05, 0.1) is 4.92 Å². The molecule has 0 aliphatic heterocycles. The van der Waals surface area contributed by atoms with Crippen LogP contribution in [-0.4, -0.2) is 17.4 Å². The van der Waals surface area contributed by atoms with E-state index in [2.05, 4.69) is 5.32 Å². The molecule has 0 heterocycles. The third-order valence-corrected chi connectivity index (χ3v) is 2.12. The molecule has 1 amide bonds. The number of nitrogens with zero attached hydrogens (tertiary/aromatic N) is 1. The molecule has 0 aliphatic rings. The molecule has 16 heavy (non-hydrogen) atoms. The van der Waals surface area contributed by atoms with Crippen molar-refractivity contribution >= 4 is 17.3 Å². The molecule has 0 aliphatic carbocycles. The molecular weight excluding hydrogens is 210 g/mol. The summed E-state index contributed by atoms with van der Waals surface area (Å²) in [6, 6.07) is 4.80. The van der Waals surface area contributed by atoms with Crippen LogP contribution < -0.4 is 11.1 Å². The molecule has 86 valence electrons. The van der Waals surface area contributed by atoms with E-state index in [1.165, 1.54) is 6.07 Å². The second-order valence-electron chi connectivity index (χ2n) is 3.37. The second-order valence-corrected chi connectivity index (χ2v) is 3.37. The Hall–Kier alpha value is -2.11. The van der Waals surface area contributed by atoms with Crippen molar-refractivity contribution in [2.75, 3.05) is 11.9 Å². The molecule has 0 bridgehead atoms. The van der Waals surface area contributed by atoms with Gasteiger partial charge < -0.3 is 11.1 Å². The molecule has 0 atom stereocenters. The number of aryl methyl sites for hydroxylation is 1. The molecule has 0 unspecified atom stereocenters. The topological polar surface area (TPSA) is 98.3 Å². The average molecular weight is 223 g/mol. The monoisotopic (exact) mass is 223 g/mol. The lowest BCUT2D eigenvalue weighted by Gasteiger charge is -2.08. The summed E-state index contributed by atoms with van der Waals surface area (Å²) in [6.45, 7) is 2.06. The number of nitrogens with one attached hydrogen (secondary N) is 1. The number of carbonyl (C=O) groups is 1. The number of nitro benzene ring substituents is 1. The smallest absolute Gasteiger partial charge is 0.292 e. The zero-order valence-corrected chi connectivity index (χ0v) is 8.90. The van der Waals surface area contributed by atoms with Crippen molar-refractivity contribution in [2.24, 2.45) is 5.73 Å². The maximum Gasteiger partial charge on any atom is 0.292 e. The van der Waals surface area contributed by atoms with E-state index in [0.29, 0.717) is 12.2 Å². The number of hydrogen-bond donors (Lipinski definition) is 2. The summed E-state index contributed by atoms with van der Waals surface area (Å²) in [7, 11) is 0. The molecule has 0 saturated heterocycles. The van der Waals surface area contributed by atoms with Gasteiger partial charge in [0.1, 0.15) is 5.69 Å². The fourth-order valence-corrected chi connectivity index (χ4v) is 1.35. The van der Waals surface area contributed by atoms with E-state index >= 15 is 0 Å².